The largest absolute Gasteiger partial charge is 0.462 e. The lowest BCUT2D eigenvalue weighted by Crippen LogP contribution is -2.30. The first-order chi connectivity index (χ1) is 7.69. The summed E-state index contributed by atoms with van der Waals surface area (Å²) in [5, 5.41) is 0. The first-order valence-electron chi connectivity index (χ1n) is 6.89. The summed E-state index contributed by atoms with van der Waals surface area (Å²) in [6, 6.07) is 0. The monoisotopic (exact) mass is 242 g/mol. The van der Waals surface area contributed by atoms with Gasteiger partial charge in [0.1, 0.15) is 6.10 Å². The number of carbonyl (C=O) groups is 1. The molecule has 0 aliphatic rings. The summed E-state index contributed by atoms with van der Waals surface area (Å²) in [6.45, 7) is 14.8. The van der Waals surface area contributed by atoms with Crippen LogP contribution in [0.3, 0.4) is 0 Å². The maximum atomic E-state index is 11.9. The predicted octanol–water partition coefficient (Wildman–Crippen LogP) is 4.43. The second-order valence-corrected chi connectivity index (χ2v) is 6.53. The zero-order valence-electron chi connectivity index (χ0n) is 12.7. The molecule has 0 bridgehead atoms. The summed E-state index contributed by atoms with van der Waals surface area (Å²) >= 11 is 0. The SMILES string of the molecule is CCCC(C)(C)CC(=O)OC(C(C)C)C(C)C. The molecule has 0 heterocycles. The van der Waals surface area contributed by atoms with Crippen LogP contribution < -0.4 is 0 Å². The molecule has 0 aromatic heterocycles. The van der Waals surface area contributed by atoms with Crippen molar-refractivity contribution in [2.24, 2.45) is 17.3 Å². The lowest BCUT2D eigenvalue weighted by Gasteiger charge is -2.28. The van der Waals surface area contributed by atoms with Crippen LogP contribution in [0.4, 0.5) is 0 Å². The molecule has 0 N–H and O–H groups in total. The molecule has 0 spiro atoms. The van der Waals surface area contributed by atoms with E-state index < -0.39 is 0 Å². The zero-order valence-corrected chi connectivity index (χ0v) is 12.7. The number of rotatable bonds is 7. The Bertz CT molecular complexity index is 221. The Hall–Kier alpha value is -0.530. The second-order valence-electron chi connectivity index (χ2n) is 6.53. The summed E-state index contributed by atoms with van der Waals surface area (Å²) < 4.78 is 5.62. The first kappa shape index (κ1) is 16.5. The normalized spacial score (nSPS) is 12.6. The molecule has 0 saturated carbocycles. The van der Waals surface area contributed by atoms with Gasteiger partial charge in [-0.15, -0.1) is 0 Å². The van der Waals surface area contributed by atoms with E-state index in [0.29, 0.717) is 18.3 Å². The minimum Gasteiger partial charge on any atom is -0.462 e. The van der Waals surface area contributed by atoms with Crippen LogP contribution in [-0.4, -0.2) is 12.1 Å². The number of ether oxygens (including phenoxy) is 1. The van der Waals surface area contributed by atoms with Gasteiger partial charge < -0.3 is 4.74 Å². The Balaban J connectivity index is 4.33. The van der Waals surface area contributed by atoms with E-state index in [1.165, 1.54) is 0 Å². The lowest BCUT2D eigenvalue weighted by atomic mass is 9.84. The maximum absolute atomic E-state index is 11.9. The van der Waals surface area contributed by atoms with Gasteiger partial charge in [0.25, 0.3) is 0 Å². The highest BCUT2D eigenvalue weighted by molar-refractivity contribution is 5.70. The van der Waals surface area contributed by atoms with Crippen molar-refractivity contribution in [1.82, 2.24) is 0 Å². The van der Waals surface area contributed by atoms with E-state index in [-0.39, 0.29) is 17.5 Å². The summed E-state index contributed by atoms with van der Waals surface area (Å²) in [6.07, 6.45) is 2.74. The van der Waals surface area contributed by atoms with Crippen LogP contribution in [0.1, 0.15) is 67.7 Å². The number of hydrogen-bond acceptors (Lipinski definition) is 2. The van der Waals surface area contributed by atoms with Crippen LogP contribution in [0.2, 0.25) is 0 Å². The van der Waals surface area contributed by atoms with Crippen LogP contribution in [0.15, 0.2) is 0 Å². The highest BCUT2D eigenvalue weighted by Crippen LogP contribution is 2.28. The van der Waals surface area contributed by atoms with Gasteiger partial charge in [-0.1, -0.05) is 54.9 Å². The fourth-order valence-corrected chi connectivity index (χ4v) is 2.39. The molecule has 0 radical (unpaired) electrons. The van der Waals surface area contributed by atoms with Crippen molar-refractivity contribution >= 4 is 5.97 Å². The molecule has 0 atom stereocenters. The molecule has 17 heavy (non-hydrogen) atoms. The fourth-order valence-electron chi connectivity index (χ4n) is 2.39. The van der Waals surface area contributed by atoms with Crippen molar-refractivity contribution in [3.05, 3.63) is 0 Å². The maximum Gasteiger partial charge on any atom is 0.306 e. The highest BCUT2D eigenvalue weighted by atomic mass is 16.5. The average Bonchev–Trinajstić information content (AvgIpc) is 2.11. The lowest BCUT2D eigenvalue weighted by molar-refractivity contribution is -0.156. The zero-order chi connectivity index (χ0) is 13.6. The van der Waals surface area contributed by atoms with E-state index in [1.54, 1.807) is 0 Å². The smallest absolute Gasteiger partial charge is 0.306 e. The molecule has 2 heteroatoms. The molecular weight excluding hydrogens is 212 g/mol. The standard InChI is InChI=1S/C15H30O2/c1-8-9-15(6,7)10-13(16)17-14(11(2)3)12(4)5/h11-12,14H,8-10H2,1-7H3. The summed E-state index contributed by atoms with van der Waals surface area (Å²) in [5.41, 5.74) is 0.0599. The van der Waals surface area contributed by atoms with Crippen molar-refractivity contribution in [3.8, 4) is 0 Å². The van der Waals surface area contributed by atoms with Gasteiger partial charge in [0.05, 0.1) is 6.42 Å². The van der Waals surface area contributed by atoms with Crippen molar-refractivity contribution in [1.29, 1.82) is 0 Å². The molecule has 0 fully saturated rings. The number of hydrogen-bond donors (Lipinski definition) is 0. The van der Waals surface area contributed by atoms with Gasteiger partial charge in [-0.25, -0.2) is 0 Å². The van der Waals surface area contributed by atoms with Gasteiger partial charge in [-0.05, 0) is 23.7 Å². The van der Waals surface area contributed by atoms with Gasteiger partial charge in [0.15, 0.2) is 0 Å². The van der Waals surface area contributed by atoms with E-state index in [1.807, 2.05) is 0 Å². The van der Waals surface area contributed by atoms with E-state index in [4.69, 9.17) is 4.74 Å². The van der Waals surface area contributed by atoms with E-state index >= 15 is 0 Å². The average molecular weight is 242 g/mol. The molecule has 0 unspecified atom stereocenters. The van der Waals surface area contributed by atoms with Gasteiger partial charge in [0.2, 0.25) is 0 Å². The van der Waals surface area contributed by atoms with Crippen molar-refractivity contribution < 1.29 is 9.53 Å². The van der Waals surface area contributed by atoms with E-state index in [9.17, 15) is 4.79 Å². The minimum atomic E-state index is -0.0455. The van der Waals surface area contributed by atoms with Gasteiger partial charge in [-0.2, -0.15) is 0 Å². The molecule has 102 valence electrons. The van der Waals surface area contributed by atoms with Crippen LogP contribution in [0.5, 0.6) is 0 Å². The van der Waals surface area contributed by atoms with Crippen LogP contribution in [-0.2, 0) is 9.53 Å². The topological polar surface area (TPSA) is 26.3 Å². The minimum absolute atomic E-state index is 0.0416. The van der Waals surface area contributed by atoms with Crippen molar-refractivity contribution in [3.63, 3.8) is 0 Å². The molecule has 0 aromatic carbocycles. The first-order valence-corrected chi connectivity index (χ1v) is 6.89. The molecule has 0 amide bonds. The quantitative estimate of drug-likeness (QED) is 0.617. The Morgan fingerprint density at radius 2 is 1.59 bits per heavy atom. The highest BCUT2D eigenvalue weighted by Gasteiger charge is 2.26. The molecule has 0 rings (SSSR count). The Kier molecular flexibility index (Phi) is 6.81. The van der Waals surface area contributed by atoms with Crippen LogP contribution >= 0.6 is 0 Å². The van der Waals surface area contributed by atoms with Gasteiger partial charge in [-0.3, -0.25) is 4.79 Å². The van der Waals surface area contributed by atoms with E-state index in [0.717, 1.165) is 12.8 Å². The van der Waals surface area contributed by atoms with Crippen LogP contribution in [0, 0.1) is 17.3 Å². The molecule has 0 saturated heterocycles. The summed E-state index contributed by atoms with van der Waals surface area (Å²) in [5.74, 6) is 0.720. The third-order valence-corrected chi connectivity index (χ3v) is 3.13. The molecule has 0 aliphatic carbocycles. The third kappa shape index (κ3) is 6.70. The third-order valence-electron chi connectivity index (χ3n) is 3.13. The molecule has 0 aliphatic heterocycles. The van der Waals surface area contributed by atoms with Crippen LogP contribution in [0.25, 0.3) is 0 Å². The van der Waals surface area contributed by atoms with Crippen molar-refractivity contribution in [2.75, 3.05) is 0 Å². The van der Waals surface area contributed by atoms with Gasteiger partial charge >= 0.3 is 5.97 Å². The number of carbonyl (C=O) groups excluding carboxylic acids is 1. The molecule has 2 nitrogen and oxygen atoms in total. The molecule has 0 aromatic rings. The Labute approximate surface area is 107 Å². The second kappa shape index (κ2) is 7.03. The predicted molar refractivity (Wildman–Crippen MR) is 72.9 cm³/mol. The van der Waals surface area contributed by atoms with Crippen molar-refractivity contribution in [2.45, 2.75) is 73.8 Å². The van der Waals surface area contributed by atoms with E-state index in [2.05, 4.69) is 48.5 Å². The Morgan fingerprint density at radius 3 is 1.94 bits per heavy atom. The molecular formula is C15H30O2. The fraction of sp³-hybridized carbons (Fsp3) is 0.933. The summed E-state index contributed by atoms with van der Waals surface area (Å²) in [4.78, 5) is 11.9. The Morgan fingerprint density at radius 1 is 1.12 bits per heavy atom. The summed E-state index contributed by atoms with van der Waals surface area (Å²) in [7, 11) is 0. The van der Waals surface area contributed by atoms with Gasteiger partial charge in [0, 0.05) is 0 Å². The number of esters is 1.